The van der Waals surface area contributed by atoms with Gasteiger partial charge >= 0.3 is 5.69 Å². The predicted octanol–water partition coefficient (Wildman–Crippen LogP) is 8.92. The maximum absolute atomic E-state index is 14.0. The van der Waals surface area contributed by atoms with Crippen molar-refractivity contribution >= 4 is 44.2 Å². The highest BCUT2D eigenvalue weighted by Gasteiger charge is 2.49. The molecule has 2 saturated carbocycles. The molecule has 0 radical (unpaired) electrons. The number of nitrogens with zero attached hydrogens (tertiary/aromatic N) is 5. The van der Waals surface area contributed by atoms with Crippen molar-refractivity contribution in [1.82, 2.24) is 29.9 Å². The van der Waals surface area contributed by atoms with Crippen LogP contribution in [0.3, 0.4) is 0 Å². The van der Waals surface area contributed by atoms with E-state index in [4.69, 9.17) is 4.74 Å². The molecule has 2 aromatic carbocycles. The van der Waals surface area contributed by atoms with Gasteiger partial charge in [0.1, 0.15) is 22.0 Å². The number of nitro groups is 1. The van der Waals surface area contributed by atoms with Gasteiger partial charge in [0.2, 0.25) is 5.82 Å². The van der Waals surface area contributed by atoms with Crippen molar-refractivity contribution in [3.05, 3.63) is 106 Å². The number of anilines is 2. The van der Waals surface area contributed by atoms with E-state index in [9.17, 15) is 23.3 Å². The van der Waals surface area contributed by atoms with Gasteiger partial charge in [-0.05, 0) is 109 Å². The Hall–Kier alpha value is -5.58. The first-order valence-corrected chi connectivity index (χ1v) is 24.6. The summed E-state index contributed by atoms with van der Waals surface area (Å²) in [5.74, 6) is 0.345. The van der Waals surface area contributed by atoms with Crippen LogP contribution in [0, 0.1) is 26.9 Å². The summed E-state index contributed by atoms with van der Waals surface area (Å²) in [5, 5.41) is 19.7. The fourth-order valence-corrected chi connectivity index (χ4v) is 11.6. The lowest BCUT2D eigenvalue weighted by Gasteiger charge is -2.57. The molecule has 2 aliphatic heterocycles. The van der Waals surface area contributed by atoms with Gasteiger partial charge in [0.25, 0.3) is 15.9 Å². The third-order valence-electron chi connectivity index (χ3n) is 14.7. The number of H-pyrrole nitrogens is 1. The molecule has 15 nitrogen and oxygen atoms in total. The van der Waals surface area contributed by atoms with Crippen molar-refractivity contribution < 1.29 is 22.9 Å². The minimum Gasteiger partial charge on any atom is -0.455 e. The zero-order valence-corrected chi connectivity index (χ0v) is 38.6. The highest BCUT2D eigenvalue weighted by atomic mass is 32.2. The molecule has 5 aromatic rings. The Balaban J connectivity index is 0.898. The van der Waals surface area contributed by atoms with Crippen LogP contribution in [-0.2, 0) is 10.0 Å². The lowest BCUT2D eigenvalue weighted by molar-refractivity contribution is -0.384. The van der Waals surface area contributed by atoms with Crippen LogP contribution in [0.2, 0.25) is 0 Å². The van der Waals surface area contributed by atoms with Crippen molar-refractivity contribution in [2.45, 2.75) is 102 Å². The number of piperazine rings is 1. The topological polar surface area (TPSA) is 188 Å². The van der Waals surface area contributed by atoms with Gasteiger partial charge in [-0.15, -0.1) is 0 Å². The van der Waals surface area contributed by atoms with Gasteiger partial charge in [0, 0.05) is 80.8 Å². The lowest BCUT2D eigenvalue weighted by Crippen LogP contribution is -2.59. The molecule has 4 aliphatic rings. The average Bonchev–Trinajstić information content (AvgIpc) is 3.76. The van der Waals surface area contributed by atoms with Crippen molar-refractivity contribution in [2.24, 2.45) is 16.7 Å². The number of hydrogen-bond donors (Lipinski definition) is 4. The number of hydrogen-bond acceptors (Lipinski definition) is 12. The summed E-state index contributed by atoms with van der Waals surface area (Å²) in [6.45, 7) is 14.2. The first kappa shape index (κ1) is 44.6. The Labute approximate surface area is 381 Å². The molecule has 65 heavy (non-hydrogen) atoms. The van der Waals surface area contributed by atoms with E-state index in [0.29, 0.717) is 41.9 Å². The number of ether oxygens (including phenoxy) is 1. The standard InChI is InChI=1S/C49H61N9O6S/c1-32(2)39-7-5-6-8-40(39)43-31-50-19-22-57(43)36-26-49(27-36)16-20-56(21-17-49)35-9-10-41(44(24-35)64-37-23-34-13-18-51-45(34)53-29-37)47(59)55-65(62,63)38-25-42(58(60)61)46(54-30-38)52-28-33-11-14-48(3,4)15-12-33/h5-10,13,18,23-25,29-30,32-33,36,43,50H,11-12,14-17,19-22,26-28,31H2,1-4H3,(H,51,53)(H,52,54)(H,55,59)/t43-/m0/s1. The number of fused-ring (bicyclic) bond motifs is 1. The molecular weight excluding hydrogens is 843 g/mol. The van der Waals surface area contributed by atoms with Crippen molar-refractivity contribution in [1.29, 1.82) is 0 Å². The zero-order chi connectivity index (χ0) is 45.5. The normalized spacial score (nSPS) is 20.4. The SMILES string of the molecule is CC(C)c1ccccc1[C@@H]1CNCCN1C1CC2(CCN(c3ccc(C(=O)NS(=O)(=O)c4cnc(NCC5CCC(C)(C)CC5)c([N+](=O)[O-])c4)c(Oc4cnc5[nH]ccc5c4)c3)CC2)C1. The van der Waals surface area contributed by atoms with E-state index in [1.54, 1.807) is 30.6 Å². The Morgan fingerprint density at radius 3 is 2.51 bits per heavy atom. The Kier molecular flexibility index (Phi) is 12.4. The van der Waals surface area contributed by atoms with Crippen LogP contribution in [-0.4, -0.2) is 84.4 Å². The smallest absolute Gasteiger partial charge is 0.312 e. The van der Waals surface area contributed by atoms with Crippen LogP contribution in [0.25, 0.3) is 11.0 Å². The molecule has 16 heteroatoms. The number of aromatic nitrogens is 3. The second-order valence-corrected chi connectivity index (χ2v) is 21.6. The number of sulfonamides is 1. The van der Waals surface area contributed by atoms with Gasteiger partial charge in [-0.1, -0.05) is 52.0 Å². The fourth-order valence-electron chi connectivity index (χ4n) is 10.7. The van der Waals surface area contributed by atoms with E-state index >= 15 is 0 Å². The third-order valence-corrected chi connectivity index (χ3v) is 16.0. The van der Waals surface area contributed by atoms with E-state index in [0.717, 1.165) is 94.6 Å². The summed E-state index contributed by atoms with van der Waals surface area (Å²) >= 11 is 0. The van der Waals surface area contributed by atoms with Gasteiger partial charge in [0.15, 0.2) is 0 Å². The second-order valence-electron chi connectivity index (χ2n) is 19.9. The molecular formula is C49H61N9O6S. The fraction of sp³-hybridized carbons (Fsp3) is 0.490. The Morgan fingerprint density at radius 2 is 1.75 bits per heavy atom. The monoisotopic (exact) mass is 903 g/mol. The van der Waals surface area contributed by atoms with Crippen LogP contribution < -0.4 is 25.0 Å². The molecule has 3 aromatic heterocycles. The summed E-state index contributed by atoms with van der Waals surface area (Å²) in [7, 11) is -4.60. The van der Waals surface area contributed by atoms with Gasteiger partial charge in [-0.3, -0.25) is 19.8 Å². The van der Waals surface area contributed by atoms with E-state index in [-0.39, 0.29) is 28.0 Å². The first-order chi connectivity index (χ1) is 31.2. The van der Waals surface area contributed by atoms with Crippen LogP contribution in [0.1, 0.15) is 113 Å². The number of piperidine rings is 1. The Bertz CT molecular complexity index is 2660. The number of nitrogens with one attached hydrogen (secondary N) is 4. The van der Waals surface area contributed by atoms with Gasteiger partial charge in [-0.25, -0.2) is 23.1 Å². The number of aromatic amines is 1. The lowest BCUT2D eigenvalue weighted by atomic mass is 9.59. The number of pyridine rings is 2. The molecule has 4 fully saturated rings. The highest BCUT2D eigenvalue weighted by molar-refractivity contribution is 7.90. The van der Waals surface area contributed by atoms with Gasteiger partial charge in [-0.2, -0.15) is 0 Å². The molecule has 344 valence electrons. The molecule has 1 atom stereocenters. The van der Waals surface area contributed by atoms with Crippen molar-refractivity contribution in [2.75, 3.05) is 49.5 Å². The maximum Gasteiger partial charge on any atom is 0.312 e. The molecule has 0 unspecified atom stereocenters. The Morgan fingerprint density at radius 1 is 0.985 bits per heavy atom. The van der Waals surface area contributed by atoms with Crippen LogP contribution >= 0.6 is 0 Å². The maximum atomic E-state index is 14.0. The number of rotatable bonds is 13. The number of carbonyl (C=O) groups is 1. The van der Waals surface area contributed by atoms with Crippen molar-refractivity contribution in [3.8, 4) is 11.5 Å². The molecule has 5 heterocycles. The van der Waals surface area contributed by atoms with Crippen molar-refractivity contribution in [3.63, 3.8) is 0 Å². The van der Waals surface area contributed by atoms with E-state index in [1.807, 2.05) is 12.1 Å². The van der Waals surface area contributed by atoms with Gasteiger partial charge < -0.3 is 25.3 Å². The summed E-state index contributed by atoms with van der Waals surface area (Å²) in [5.41, 5.74) is 4.45. The van der Waals surface area contributed by atoms with E-state index < -0.39 is 31.4 Å². The van der Waals surface area contributed by atoms with Crippen LogP contribution in [0.15, 0.2) is 84.1 Å². The number of carbonyl (C=O) groups excluding carboxylic acids is 1. The summed E-state index contributed by atoms with van der Waals surface area (Å²) in [4.78, 5) is 41.7. The quantitative estimate of drug-likeness (QED) is 0.0650. The van der Waals surface area contributed by atoms with Crippen LogP contribution in [0.5, 0.6) is 11.5 Å². The van der Waals surface area contributed by atoms with E-state index in [2.05, 4.69) is 92.1 Å². The summed E-state index contributed by atoms with van der Waals surface area (Å²) in [6, 6.07) is 19.6. The minimum atomic E-state index is -4.60. The molecule has 9 rings (SSSR count). The minimum absolute atomic E-state index is 0.0124. The summed E-state index contributed by atoms with van der Waals surface area (Å²) < 4.78 is 36.0. The first-order valence-electron chi connectivity index (χ1n) is 23.2. The summed E-state index contributed by atoms with van der Waals surface area (Å²) in [6.07, 6.45) is 12.9. The second kappa shape index (κ2) is 18.0. The molecule has 4 N–H and O–H groups in total. The average molecular weight is 904 g/mol. The third kappa shape index (κ3) is 9.57. The number of amides is 1. The van der Waals surface area contributed by atoms with Gasteiger partial charge in [0.05, 0.1) is 22.9 Å². The molecule has 1 amide bonds. The van der Waals surface area contributed by atoms with E-state index in [1.165, 1.54) is 24.0 Å². The largest absolute Gasteiger partial charge is 0.455 e. The highest BCUT2D eigenvalue weighted by Crippen LogP contribution is 2.53. The zero-order valence-electron chi connectivity index (χ0n) is 37.8. The molecule has 0 bridgehead atoms. The number of benzene rings is 2. The molecule has 2 saturated heterocycles. The van der Waals surface area contributed by atoms with Crippen LogP contribution in [0.4, 0.5) is 17.2 Å². The predicted molar refractivity (Wildman–Crippen MR) is 252 cm³/mol. The molecule has 1 spiro atoms. The molecule has 2 aliphatic carbocycles.